The number of nitrogens with two attached hydrogens (primary N) is 1. The molecule has 5 nitrogen and oxygen atoms in total. The lowest BCUT2D eigenvalue weighted by Gasteiger charge is -2.21. The maximum Gasteiger partial charge on any atom is 0.246 e. The molecule has 0 aliphatic rings. The van der Waals surface area contributed by atoms with Crippen LogP contribution >= 0.6 is 0 Å². The fourth-order valence-corrected chi connectivity index (χ4v) is 3.02. The molecule has 108 valence electrons. The van der Waals surface area contributed by atoms with E-state index in [2.05, 4.69) is 0 Å². The quantitative estimate of drug-likeness (QED) is 0.797. The monoisotopic (exact) mass is 294 g/mol. The summed E-state index contributed by atoms with van der Waals surface area (Å²) in [6.45, 7) is 0.226. The predicted molar refractivity (Wildman–Crippen MR) is 66.0 cm³/mol. The van der Waals surface area contributed by atoms with E-state index in [0.29, 0.717) is 6.07 Å². The Morgan fingerprint density at radius 2 is 2.00 bits per heavy atom. The van der Waals surface area contributed by atoms with Crippen LogP contribution in [0.15, 0.2) is 23.1 Å². The third-order valence-corrected chi connectivity index (χ3v) is 4.35. The number of benzene rings is 1. The number of nitrogens with zero attached hydrogens (tertiary/aromatic N) is 1. The van der Waals surface area contributed by atoms with Gasteiger partial charge in [0.1, 0.15) is 16.5 Å². The summed E-state index contributed by atoms with van der Waals surface area (Å²) in [4.78, 5) is -0.697. The highest BCUT2D eigenvalue weighted by Gasteiger charge is 2.27. The molecule has 0 fully saturated rings. The fourth-order valence-electron chi connectivity index (χ4n) is 1.50. The highest BCUT2D eigenvalue weighted by Crippen LogP contribution is 2.20. The first kappa shape index (κ1) is 16.0. The molecule has 2 N–H and O–H groups in total. The second-order valence-electron chi connectivity index (χ2n) is 3.76. The first-order valence-corrected chi connectivity index (χ1v) is 7.01. The van der Waals surface area contributed by atoms with Crippen LogP contribution in [0.1, 0.15) is 0 Å². The Labute approximate surface area is 111 Å². The summed E-state index contributed by atoms with van der Waals surface area (Å²) < 4.78 is 56.8. The van der Waals surface area contributed by atoms with Crippen LogP contribution in [0.3, 0.4) is 0 Å². The summed E-state index contributed by atoms with van der Waals surface area (Å²) in [5, 5.41) is 0. The first-order valence-electron chi connectivity index (χ1n) is 5.57. The molecule has 0 unspecified atom stereocenters. The Kier molecular flexibility index (Phi) is 5.80. The Hall–Kier alpha value is -1.09. The third kappa shape index (κ3) is 3.93. The zero-order valence-corrected chi connectivity index (χ0v) is 11.3. The van der Waals surface area contributed by atoms with E-state index in [-0.39, 0.29) is 26.2 Å². The van der Waals surface area contributed by atoms with Gasteiger partial charge < -0.3 is 10.5 Å². The summed E-state index contributed by atoms with van der Waals surface area (Å²) in [5.41, 5.74) is 5.33. The molecule has 1 aromatic rings. The van der Waals surface area contributed by atoms with Gasteiger partial charge in [0.05, 0.1) is 6.61 Å². The van der Waals surface area contributed by atoms with Gasteiger partial charge in [0.25, 0.3) is 0 Å². The number of hydrogen-bond acceptors (Lipinski definition) is 4. The molecule has 19 heavy (non-hydrogen) atoms. The fraction of sp³-hybridized carbons (Fsp3) is 0.455. The van der Waals surface area contributed by atoms with E-state index >= 15 is 0 Å². The van der Waals surface area contributed by atoms with Crippen LogP contribution in [0.5, 0.6) is 0 Å². The van der Waals surface area contributed by atoms with Gasteiger partial charge in [-0.15, -0.1) is 0 Å². The zero-order valence-electron chi connectivity index (χ0n) is 10.5. The smallest absolute Gasteiger partial charge is 0.246 e. The number of halogens is 2. The molecule has 0 atom stereocenters. The van der Waals surface area contributed by atoms with E-state index in [4.69, 9.17) is 10.5 Å². The van der Waals surface area contributed by atoms with Crippen molar-refractivity contribution in [1.29, 1.82) is 0 Å². The predicted octanol–water partition coefficient (Wildman–Crippen LogP) is 0.561. The molecule has 1 rings (SSSR count). The minimum absolute atomic E-state index is 0.00163. The molecule has 0 bridgehead atoms. The van der Waals surface area contributed by atoms with Gasteiger partial charge in [0, 0.05) is 26.7 Å². The van der Waals surface area contributed by atoms with Crippen molar-refractivity contribution >= 4 is 10.0 Å². The standard InChI is InChI=1S/C11H16F2N2O3S/c1-18-7-6-15(5-4-14)19(16,17)11-8-9(12)2-3-10(11)13/h2-3,8H,4-7,14H2,1H3. The summed E-state index contributed by atoms with van der Waals surface area (Å²) in [5.74, 6) is -1.82. The first-order chi connectivity index (χ1) is 8.93. The Morgan fingerprint density at radius 1 is 1.32 bits per heavy atom. The number of hydrogen-bond donors (Lipinski definition) is 1. The average molecular weight is 294 g/mol. The second kappa shape index (κ2) is 6.90. The van der Waals surface area contributed by atoms with Crippen molar-refractivity contribution in [3.05, 3.63) is 29.8 Å². The lowest BCUT2D eigenvalue weighted by atomic mass is 10.3. The normalized spacial score (nSPS) is 12.1. The van der Waals surface area contributed by atoms with Gasteiger partial charge in [-0.3, -0.25) is 0 Å². The molecule has 0 heterocycles. The van der Waals surface area contributed by atoms with Crippen LogP contribution in [0, 0.1) is 11.6 Å². The highest BCUT2D eigenvalue weighted by molar-refractivity contribution is 7.89. The maximum absolute atomic E-state index is 13.6. The average Bonchev–Trinajstić information content (AvgIpc) is 2.37. The molecule has 0 spiro atoms. The van der Waals surface area contributed by atoms with E-state index in [1.165, 1.54) is 7.11 Å². The van der Waals surface area contributed by atoms with Crippen molar-refractivity contribution in [2.24, 2.45) is 5.73 Å². The lowest BCUT2D eigenvalue weighted by molar-refractivity contribution is 0.179. The molecule has 0 aliphatic carbocycles. The van der Waals surface area contributed by atoms with Crippen molar-refractivity contribution in [2.45, 2.75) is 4.90 Å². The second-order valence-corrected chi connectivity index (χ2v) is 5.67. The van der Waals surface area contributed by atoms with E-state index < -0.39 is 26.6 Å². The molecule has 0 amide bonds. The molecular formula is C11H16F2N2O3S. The SMILES string of the molecule is COCCN(CCN)S(=O)(=O)c1cc(F)ccc1F. The van der Waals surface area contributed by atoms with E-state index in [1.54, 1.807) is 0 Å². The molecule has 0 saturated carbocycles. The van der Waals surface area contributed by atoms with Crippen LogP contribution in [-0.4, -0.2) is 46.1 Å². The van der Waals surface area contributed by atoms with Crippen molar-refractivity contribution in [3.8, 4) is 0 Å². The summed E-state index contributed by atoms with van der Waals surface area (Å²) in [6, 6.07) is 2.29. The van der Waals surface area contributed by atoms with Crippen molar-refractivity contribution < 1.29 is 21.9 Å². The Balaban J connectivity index is 3.14. The van der Waals surface area contributed by atoms with Gasteiger partial charge in [0.15, 0.2) is 0 Å². The molecule has 0 radical (unpaired) electrons. The summed E-state index contributed by atoms with van der Waals surface area (Å²) in [6.07, 6.45) is 0. The van der Waals surface area contributed by atoms with Gasteiger partial charge in [-0.2, -0.15) is 4.31 Å². The lowest BCUT2D eigenvalue weighted by Crippen LogP contribution is -2.38. The largest absolute Gasteiger partial charge is 0.383 e. The maximum atomic E-state index is 13.6. The highest BCUT2D eigenvalue weighted by atomic mass is 32.2. The third-order valence-electron chi connectivity index (χ3n) is 2.43. The van der Waals surface area contributed by atoms with E-state index in [9.17, 15) is 17.2 Å². The Bertz CT molecular complexity index is 523. The molecule has 0 aliphatic heterocycles. The topological polar surface area (TPSA) is 72.6 Å². The van der Waals surface area contributed by atoms with Crippen molar-refractivity contribution in [2.75, 3.05) is 33.4 Å². The van der Waals surface area contributed by atoms with Gasteiger partial charge >= 0.3 is 0 Å². The van der Waals surface area contributed by atoms with Crippen molar-refractivity contribution in [1.82, 2.24) is 4.31 Å². The summed E-state index contributed by atoms with van der Waals surface area (Å²) in [7, 11) is -2.72. The molecule has 8 heteroatoms. The molecule has 0 aromatic heterocycles. The van der Waals surface area contributed by atoms with Crippen LogP contribution in [0.25, 0.3) is 0 Å². The summed E-state index contributed by atoms with van der Waals surface area (Å²) >= 11 is 0. The van der Waals surface area contributed by atoms with Crippen LogP contribution in [-0.2, 0) is 14.8 Å². The van der Waals surface area contributed by atoms with Crippen molar-refractivity contribution in [3.63, 3.8) is 0 Å². The van der Waals surface area contributed by atoms with Gasteiger partial charge in [-0.1, -0.05) is 0 Å². The van der Waals surface area contributed by atoms with Gasteiger partial charge in [-0.05, 0) is 18.2 Å². The molecule has 0 saturated heterocycles. The number of methoxy groups -OCH3 is 1. The van der Waals surface area contributed by atoms with E-state index in [0.717, 1.165) is 16.4 Å². The van der Waals surface area contributed by atoms with Gasteiger partial charge in [-0.25, -0.2) is 17.2 Å². The van der Waals surface area contributed by atoms with Gasteiger partial charge in [0.2, 0.25) is 10.0 Å². The molecule has 1 aromatic carbocycles. The number of rotatable bonds is 7. The van der Waals surface area contributed by atoms with E-state index in [1.807, 2.05) is 0 Å². The minimum atomic E-state index is -4.13. The number of sulfonamides is 1. The zero-order chi connectivity index (χ0) is 14.5. The van der Waals surface area contributed by atoms with Crippen LogP contribution < -0.4 is 5.73 Å². The Morgan fingerprint density at radius 3 is 2.58 bits per heavy atom. The van der Waals surface area contributed by atoms with Crippen LogP contribution in [0.4, 0.5) is 8.78 Å². The minimum Gasteiger partial charge on any atom is -0.383 e. The van der Waals surface area contributed by atoms with Crippen LogP contribution in [0.2, 0.25) is 0 Å². The molecular weight excluding hydrogens is 278 g/mol. The number of ether oxygens (including phenoxy) is 1.